The number of pyridine rings is 1. The minimum atomic E-state index is 0.0353. The maximum atomic E-state index is 12.5. The van der Waals surface area contributed by atoms with Crippen molar-refractivity contribution in [3.8, 4) is 17.2 Å². The Kier molecular flexibility index (Phi) is 3.94. The van der Waals surface area contributed by atoms with E-state index in [1.165, 1.54) is 0 Å². The second kappa shape index (κ2) is 6.39. The lowest BCUT2D eigenvalue weighted by atomic mass is 10.1. The summed E-state index contributed by atoms with van der Waals surface area (Å²) < 4.78 is 16.5. The van der Waals surface area contributed by atoms with Crippen molar-refractivity contribution < 1.29 is 19.0 Å². The first kappa shape index (κ1) is 14.8. The van der Waals surface area contributed by atoms with E-state index in [1.54, 1.807) is 12.4 Å². The lowest BCUT2D eigenvalue weighted by molar-refractivity contribution is -0.129. The van der Waals surface area contributed by atoms with Gasteiger partial charge >= 0.3 is 0 Å². The quantitative estimate of drug-likeness (QED) is 0.860. The monoisotopic (exact) mass is 326 g/mol. The van der Waals surface area contributed by atoms with Crippen molar-refractivity contribution in [2.75, 3.05) is 19.9 Å². The smallest absolute Gasteiger partial charge is 0.231 e. The molecule has 1 amide bonds. The number of hydrogen-bond acceptors (Lipinski definition) is 5. The highest BCUT2D eigenvalue weighted by molar-refractivity contribution is 5.79. The molecule has 1 fully saturated rings. The first-order valence-corrected chi connectivity index (χ1v) is 8.01. The number of rotatable bonds is 4. The summed E-state index contributed by atoms with van der Waals surface area (Å²) in [4.78, 5) is 18.3. The molecule has 1 atom stereocenters. The van der Waals surface area contributed by atoms with Crippen molar-refractivity contribution >= 4 is 5.91 Å². The summed E-state index contributed by atoms with van der Waals surface area (Å²) in [7, 11) is 0. The van der Waals surface area contributed by atoms with Crippen LogP contribution in [-0.2, 0) is 11.2 Å². The standard InChI is InChI=1S/C18H18N2O4/c21-18(10-13-1-2-16-17(9-13)23-12-22-16)20-8-5-15(11-20)24-14-3-6-19-7-4-14/h1-4,6-7,9,15H,5,8,10-12H2/t15-/m1/s1. The molecule has 0 saturated carbocycles. The second-order valence-corrected chi connectivity index (χ2v) is 5.92. The van der Waals surface area contributed by atoms with Gasteiger partial charge in [0.15, 0.2) is 11.5 Å². The van der Waals surface area contributed by atoms with Crippen LogP contribution in [0.5, 0.6) is 17.2 Å². The van der Waals surface area contributed by atoms with Crippen molar-refractivity contribution in [2.45, 2.75) is 18.9 Å². The summed E-state index contributed by atoms with van der Waals surface area (Å²) in [6.45, 7) is 1.58. The van der Waals surface area contributed by atoms with Crippen molar-refractivity contribution in [1.29, 1.82) is 0 Å². The number of likely N-dealkylation sites (tertiary alicyclic amines) is 1. The van der Waals surface area contributed by atoms with Gasteiger partial charge in [-0.05, 0) is 29.8 Å². The third-order valence-corrected chi connectivity index (χ3v) is 4.24. The van der Waals surface area contributed by atoms with Crippen molar-refractivity contribution in [2.24, 2.45) is 0 Å². The second-order valence-electron chi connectivity index (χ2n) is 5.92. The van der Waals surface area contributed by atoms with Gasteiger partial charge in [0, 0.05) is 25.4 Å². The van der Waals surface area contributed by atoms with Gasteiger partial charge in [0.05, 0.1) is 13.0 Å². The summed E-state index contributed by atoms with van der Waals surface area (Å²) in [5.41, 5.74) is 0.933. The van der Waals surface area contributed by atoms with Crippen LogP contribution >= 0.6 is 0 Å². The number of carbonyl (C=O) groups excluding carboxylic acids is 1. The molecule has 6 nitrogen and oxygen atoms in total. The van der Waals surface area contributed by atoms with E-state index >= 15 is 0 Å². The zero-order valence-electron chi connectivity index (χ0n) is 13.2. The van der Waals surface area contributed by atoms with Gasteiger partial charge < -0.3 is 19.1 Å². The van der Waals surface area contributed by atoms with Crippen LogP contribution < -0.4 is 14.2 Å². The normalized spacial score (nSPS) is 18.7. The molecule has 0 N–H and O–H groups in total. The number of fused-ring (bicyclic) bond motifs is 1. The molecule has 2 aliphatic heterocycles. The molecule has 1 aromatic heterocycles. The third-order valence-electron chi connectivity index (χ3n) is 4.24. The Morgan fingerprint density at radius 3 is 2.92 bits per heavy atom. The summed E-state index contributed by atoms with van der Waals surface area (Å²) >= 11 is 0. The van der Waals surface area contributed by atoms with E-state index in [0.29, 0.717) is 18.7 Å². The molecule has 6 heteroatoms. The number of benzene rings is 1. The summed E-state index contributed by atoms with van der Waals surface area (Å²) in [5, 5.41) is 0. The Balaban J connectivity index is 1.34. The molecule has 0 spiro atoms. The number of amides is 1. The van der Waals surface area contributed by atoms with Crippen molar-refractivity contribution in [3.05, 3.63) is 48.3 Å². The van der Waals surface area contributed by atoms with Crippen LogP contribution in [0.1, 0.15) is 12.0 Å². The molecule has 0 unspecified atom stereocenters. The van der Waals surface area contributed by atoms with E-state index in [2.05, 4.69) is 4.98 Å². The van der Waals surface area contributed by atoms with Crippen molar-refractivity contribution in [1.82, 2.24) is 9.88 Å². The van der Waals surface area contributed by atoms with Crippen LogP contribution in [0.15, 0.2) is 42.7 Å². The number of nitrogens with zero attached hydrogens (tertiary/aromatic N) is 2. The fourth-order valence-corrected chi connectivity index (χ4v) is 3.00. The van der Waals surface area contributed by atoms with E-state index in [4.69, 9.17) is 14.2 Å². The Morgan fingerprint density at radius 2 is 2.04 bits per heavy atom. The minimum absolute atomic E-state index is 0.0353. The molecule has 1 saturated heterocycles. The average molecular weight is 326 g/mol. The predicted molar refractivity (Wildman–Crippen MR) is 86.1 cm³/mol. The molecule has 124 valence electrons. The zero-order valence-corrected chi connectivity index (χ0v) is 13.2. The summed E-state index contributed by atoms with van der Waals surface area (Å²) in [5.74, 6) is 2.34. The molecule has 3 heterocycles. The van der Waals surface area contributed by atoms with E-state index in [-0.39, 0.29) is 18.8 Å². The van der Waals surface area contributed by atoms with E-state index < -0.39 is 0 Å². The predicted octanol–water partition coefficient (Wildman–Crippen LogP) is 2.03. The fraction of sp³-hybridized carbons (Fsp3) is 0.333. The van der Waals surface area contributed by atoms with Gasteiger partial charge in [-0.15, -0.1) is 0 Å². The van der Waals surface area contributed by atoms with Crippen LogP contribution in [0.2, 0.25) is 0 Å². The van der Waals surface area contributed by atoms with Crippen LogP contribution in [0, 0.1) is 0 Å². The van der Waals surface area contributed by atoms with Crippen LogP contribution in [0.3, 0.4) is 0 Å². The van der Waals surface area contributed by atoms with Crippen LogP contribution in [0.4, 0.5) is 0 Å². The molecule has 1 aromatic carbocycles. The van der Waals surface area contributed by atoms with E-state index in [0.717, 1.165) is 30.0 Å². The molecular formula is C18H18N2O4. The third kappa shape index (κ3) is 3.13. The highest BCUT2D eigenvalue weighted by atomic mass is 16.7. The molecule has 2 aliphatic rings. The number of hydrogen-bond donors (Lipinski definition) is 0. The van der Waals surface area contributed by atoms with Gasteiger partial charge in [-0.1, -0.05) is 6.07 Å². The maximum absolute atomic E-state index is 12.5. The minimum Gasteiger partial charge on any atom is -0.488 e. The lowest BCUT2D eigenvalue weighted by Crippen LogP contribution is -2.32. The van der Waals surface area contributed by atoms with Crippen LogP contribution in [-0.4, -0.2) is 41.8 Å². The molecule has 0 bridgehead atoms. The zero-order chi connectivity index (χ0) is 16.4. The van der Waals surface area contributed by atoms with Crippen molar-refractivity contribution in [3.63, 3.8) is 0 Å². The number of carbonyl (C=O) groups is 1. The topological polar surface area (TPSA) is 60.9 Å². The molecular weight excluding hydrogens is 308 g/mol. The SMILES string of the molecule is O=C(Cc1ccc2c(c1)OCO2)N1CC[C@@H](Oc2ccncc2)C1. The number of aromatic nitrogens is 1. The van der Waals surface area contributed by atoms with Gasteiger partial charge in [0.25, 0.3) is 0 Å². The van der Waals surface area contributed by atoms with Gasteiger partial charge in [0.1, 0.15) is 11.9 Å². The fourth-order valence-electron chi connectivity index (χ4n) is 3.00. The average Bonchev–Trinajstić information content (AvgIpc) is 3.24. The largest absolute Gasteiger partial charge is 0.488 e. The maximum Gasteiger partial charge on any atom is 0.231 e. The summed E-state index contributed by atoms with van der Waals surface area (Å²) in [6.07, 6.45) is 4.64. The molecule has 0 aliphatic carbocycles. The first-order valence-electron chi connectivity index (χ1n) is 8.01. The Labute approximate surface area is 140 Å². The number of ether oxygens (including phenoxy) is 3. The Morgan fingerprint density at radius 1 is 1.21 bits per heavy atom. The van der Waals surface area contributed by atoms with Gasteiger partial charge in [-0.2, -0.15) is 0 Å². The summed E-state index contributed by atoms with van der Waals surface area (Å²) in [6, 6.07) is 9.30. The molecule has 0 radical (unpaired) electrons. The van der Waals surface area contributed by atoms with E-state index in [1.807, 2.05) is 35.2 Å². The highest BCUT2D eigenvalue weighted by Gasteiger charge is 2.27. The van der Waals surface area contributed by atoms with Crippen LogP contribution in [0.25, 0.3) is 0 Å². The highest BCUT2D eigenvalue weighted by Crippen LogP contribution is 2.32. The lowest BCUT2D eigenvalue weighted by Gasteiger charge is -2.17. The van der Waals surface area contributed by atoms with Gasteiger partial charge in [-0.25, -0.2) is 0 Å². The Bertz CT molecular complexity index is 735. The van der Waals surface area contributed by atoms with Gasteiger partial charge in [-0.3, -0.25) is 9.78 Å². The first-order chi connectivity index (χ1) is 11.8. The van der Waals surface area contributed by atoms with Gasteiger partial charge in [0.2, 0.25) is 12.7 Å². The molecule has 24 heavy (non-hydrogen) atoms. The Hall–Kier alpha value is -2.76. The van der Waals surface area contributed by atoms with E-state index in [9.17, 15) is 4.79 Å². The molecule has 4 rings (SSSR count). The molecule has 2 aromatic rings.